The molecule has 5 nitrogen and oxygen atoms in total. The van der Waals surface area contributed by atoms with Crippen molar-refractivity contribution in [1.82, 2.24) is 5.32 Å². The molecule has 3 saturated carbocycles. The molecule has 0 aromatic rings. The molecule has 1 amide bonds. The van der Waals surface area contributed by atoms with Crippen molar-refractivity contribution in [2.45, 2.75) is 137 Å². The number of carbonyl (C=O) groups is 2. The standard InChI is InChI=1S/C35H55NO4/c1-8-10-31(38)39-26-15-17-33(6)25(19-26)12-13-27-28(33)16-18-34(7)29(27)20-35(9-2)32(34)23(4)30(40-35)14-11-22(3)21-36-24(5)37/h12,22,26-29,32H,8-11,13-21H2,1-7H3,(H,36,37)/t22-,26+,27-,28-,29-,32-,33-,34-,35-/m0/s1. The lowest BCUT2D eigenvalue weighted by Crippen LogP contribution is -2.50. The first kappa shape index (κ1) is 29.7. The van der Waals surface area contributed by atoms with Gasteiger partial charge < -0.3 is 14.8 Å². The van der Waals surface area contributed by atoms with Crippen LogP contribution in [0, 0.1) is 40.4 Å². The maximum absolute atomic E-state index is 12.2. The van der Waals surface area contributed by atoms with E-state index in [1.54, 1.807) is 12.5 Å². The molecule has 9 atom stereocenters. The zero-order valence-electron chi connectivity index (χ0n) is 26.4. The Balaban J connectivity index is 1.32. The van der Waals surface area contributed by atoms with Gasteiger partial charge in [0.05, 0.1) is 5.76 Å². The van der Waals surface area contributed by atoms with Crippen molar-refractivity contribution in [2.75, 3.05) is 6.54 Å². The summed E-state index contributed by atoms with van der Waals surface area (Å²) in [4.78, 5) is 23.5. The summed E-state index contributed by atoms with van der Waals surface area (Å²) in [5.74, 6) is 4.38. The number of amides is 1. The van der Waals surface area contributed by atoms with E-state index in [0.717, 1.165) is 63.3 Å². The molecule has 0 aromatic heterocycles. The van der Waals surface area contributed by atoms with E-state index in [1.165, 1.54) is 37.0 Å². The number of fused-ring (bicyclic) bond motifs is 7. The molecule has 5 rings (SSSR count). The normalized spacial score (nSPS) is 40.7. The molecule has 0 aromatic carbocycles. The fourth-order valence-electron chi connectivity index (χ4n) is 10.3. The van der Waals surface area contributed by atoms with Crippen LogP contribution in [0.4, 0.5) is 0 Å². The second-order valence-electron chi connectivity index (χ2n) is 14.8. The molecule has 3 fully saturated rings. The summed E-state index contributed by atoms with van der Waals surface area (Å²) in [6, 6.07) is 0. The molecule has 40 heavy (non-hydrogen) atoms. The number of allylic oxidation sites excluding steroid dienone is 2. The summed E-state index contributed by atoms with van der Waals surface area (Å²) >= 11 is 0. The molecule has 5 aliphatic rings. The molecule has 4 aliphatic carbocycles. The Morgan fingerprint density at radius 1 is 1.18 bits per heavy atom. The van der Waals surface area contributed by atoms with Crippen LogP contribution in [0.2, 0.25) is 0 Å². The quantitative estimate of drug-likeness (QED) is 0.233. The van der Waals surface area contributed by atoms with Gasteiger partial charge >= 0.3 is 5.97 Å². The first-order valence-electron chi connectivity index (χ1n) is 16.5. The van der Waals surface area contributed by atoms with Crippen LogP contribution in [0.3, 0.4) is 0 Å². The van der Waals surface area contributed by atoms with E-state index in [2.05, 4.69) is 46.0 Å². The van der Waals surface area contributed by atoms with Crippen LogP contribution >= 0.6 is 0 Å². The van der Waals surface area contributed by atoms with Gasteiger partial charge in [-0.05, 0) is 105 Å². The number of hydrogen-bond donors (Lipinski definition) is 1. The summed E-state index contributed by atoms with van der Waals surface area (Å²) in [7, 11) is 0. The predicted octanol–water partition coefficient (Wildman–Crippen LogP) is 7.89. The van der Waals surface area contributed by atoms with Gasteiger partial charge in [0.2, 0.25) is 5.91 Å². The van der Waals surface area contributed by atoms with Gasteiger partial charge in [-0.25, -0.2) is 0 Å². The molecular weight excluding hydrogens is 498 g/mol. The van der Waals surface area contributed by atoms with Gasteiger partial charge in [0.15, 0.2) is 0 Å². The third kappa shape index (κ3) is 4.96. The SMILES string of the molecule is CCCC(=O)O[C@@H]1CC[C@@]2(C)C(=CC[C@@H]3[C@@H]4C[C@]5(CC)OC(CC[C@H](C)CNC(C)=O)=C(C)[C@H]5[C@@]4(C)CC[C@@H]32)C1. The Labute approximate surface area is 243 Å². The number of esters is 1. The Kier molecular flexibility index (Phi) is 8.27. The van der Waals surface area contributed by atoms with E-state index in [-0.39, 0.29) is 29.0 Å². The molecule has 1 aliphatic heterocycles. The molecule has 0 bridgehead atoms. The zero-order valence-corrected chi connectivity index (χ0v) is 26.4. The number of rotatable bonds is 9. The van der Waals surface area contributed by atoms with E-state index in [4.69, 9.17) is 9.47 Å². The lowest BCUT2D eigenvalue weighted by molar-refractivity contribution is -0.151. The van der Waals surface area contributed by atoms with Crippen LogP contribution in [0.25, 0.3) is 0 Å². The average molecular weight is 554 g/mol. The summed E-state index contributed by atoms with van der Waals surface area (Å²) in [6.45, 7) is 16.5. The van der Waals surface area contributed by atoms with Gasteiger partial charge in [-0.3, -0.25) is 9.59 Å². The fraction of sp³-hybridized carbons (Fsp3) is 0.829. The molecule has 0 saturated heterocycles. The van der Waals surface area contributed by atoms with E-state index >= 15 is 0 Å². The minimum Gasteiger partial charge on any atom is -0.491 e. The summed E-state index contributed by atoms with van der Waals surface area (Å²) in [6.07, 6.45) is 15.2. The Morgan fingerprint density at radius 3 is 2.65 bits per heavy atom. The lowest BCUT2D eigenvalue weighted by atomic mass is 9.47. The van der Waals surface area contributed by atoms with Crippen LogP contribution < -0.4 is 5.32 Å². The highest BCUT2D eigenvalue weighted by Crippen LogP contribution is 2.72. The fourth-order valence-corrected chi connectivity index (χ4v) is 10.3. The van der Waals surface area contributed by atoms with Crippen LogP contribution in [0.15, 0.2) is 23.0 Å². The third-order valence-electron chi connectivity index (χ3n) is 12.4. The molecule has 0 radical (unpaired) electrons. The van der Waals surface area contributed by atoms with Gasteiger partial charge in [0, 0.05) is 38.6 Å². The molecule has 0 unspecified atom stereocenters. The van der Waals surface area contributed by atoms with Gasteiger partial charge in [-0.2, -0.15) is 0 Å². The number of nitrogens with one attached hydrogen (secondary N) is 1. The number of carbonyl (C=O) groups excluding carboxylic acids is 2. The number of hydrogen-bond acceptors (Lipinski definition) is 4. The van der Waals surface area contributed by atoms with E-state index in [0.29, 0.717) is 29.6 Å². The van der Waals surface area contributed by atoms with Crippen molar-refractivity contribution < 1.29 is 19.1 Å². The summed E-state index contributed by atoms with van der Waals surface area (Å²) in [5, 5.41) is 2.98. The monoisotopic (exact) mass is 553 g/mol. The van der Waals surface area contributed by atoms with Gasteiger partial charge in [-0.15, -0.1) is 0 Å². The number of ether oxygens (including phenoxy) is 2. The van der Waals surface area contributed by atoms with Crippen molar-refractivity contribution in [1.29, 1.82) is 0 Å². The largest absolute Gasteiger partial charge is 0.491 e. The van der Waals surface area contributed by atoms with Gasteiger partial charge in [0.25, 0.3) is 0 Å². The van der Waals surface area contributed by atoms with E-state index in [9.17, 15) is 9.59 Å². The Bertz CT molecular complexity index is 1060. The zero-order chi connectivity index (χ0) is 28.9. The molecule has 0 spiro atoms. The van der Waals surface area contributed by atoms with Gasteiger partial charge in [0.1, 0.15) is 11.7 Å². The van der Waals surface area contributed by atoms with Crippen LogP contribution in [-0.4, -0.2) is 30.1 Å². The van der Waals surface area contributed by atoms with Crippen molar-refractivity contribution >= 4 is 11.9 Å². The lowest BCUT2D eigenvalue weighted by Gasteiger charge is -2.58. The first-order valence-corrected chi connectivity index (χ1v) is 16.5. The Hall–Kier alpha value is -1.78. The Morgan fingerprint density at radius 2 is 1.95 bits per heavy atom. The molecule has 5 heteroatoms. The van der Waals surface area contributed by atoms with Crippen LogP contribution in [0.1, 0.15) is 126 Å². The van der Waals surface area contributed by atoms with Crippen molar-refractivity contribution in [2.24, 2.45) is 40.4 Å². The second-order valence-corrected chi connectivity index (χ2v) is 14.8. The highest BCUT2D eigenvalue weighted by atomic mass is 16.5. The second kappa shape index (κ2) is 11.1. The maximum atomic E-state index is 12.2. The van der Waals surface area contributed by atoms with Crippen LogP contribution in [0.5, 0.6) is 0 Å². The minimum atomic E-state index is -0.0510. The van der Waals surface area contributed by atoms with E-state index in [1.807, 2.05) is 6.92 Å². The van der Waals surface area contributed by atoms with Crippen molar-refractivity contribution in [3.63, 3.8) is 0 Å². The topological polar surface area (TPSA) is 64.6 Å². The summed E-state index contributed by atoms with van der Waals surface area (Å²) < 4.78 is 13.0. The van der Waals surface area contributed by atoms with E-state index < -0.39 is 0 Å². The maximum Gasteiger partial charge on any atom is 0.306 e. The predicted molar refractivity (Wildman–Crippen MR) is 159 cm³/mol. The van der Waals surface area contributed by atoms with Crippen LogP contribution in [-0.2, 0) is 19.1 Å². The van der Waals surface area contributed by atoms with Crippen molar-refractivity contribution in [3.8, 4) is 0 Å². The highest BCUT2D eigenvalue weighted by Gasteiger charge is 2.68. The highest BCUT2D eigenvalue weighted by molar-refractivity contribution is 5.72. The average Bonchev–Trinajstić information content (AvgIpc) is 3.35. The minimum absolute atomic E-state index is 0.0221. The smallest absolute Gasteiger partial charge is 0.306 e. The molecule has 224 valence electrons. The first-order chi connectivity index (χ1) is 19.0. The van der Waals surface area contributed by atoms with Gasteiger partial charge in [-0.1, -0.05) is 46.3 Å². The van der Waals surface area contributed by atoms with Crippen molar-refractivity contribution in [3.05, 3.63) is 23.0 Å². The molecule has 1 N–H and O–H groups in total. The summed E-state index contributed by atoms with van der Waals surface area (Å²) in [5.41, 5.74) is 3.58. The molecular formula is C35H55NO4. The molecule has 1 heterocycles. The third-order valence-corrected chi connectivity index (χ3v) is 12.4.